The number of carbonyl (C=O) groups excluding carboxylic acids is 1. The van der Waals surface area contributed by atoms with Crippen LogP contribution in [0.4, 0.5) is 8.78 Å². The summed E-state index contributed by atoms with van der Waals surface area (Å²) in [6.45, 7) is 1.99. The van der Waals surface area contributed by atoms with E-state index in [0.717, 1.165) is 29.8 Å². The maximum atomic E-state index is 13.6. The first-order chi connectivity index (χ1) is 12.1. The van der Waals surface area contributed by atoms with E-state index in [9.17, 15) is 13.6 Å². The van der Waals surface area contributed by atoms with Crippen LogP contribution in [0.25, 0.3) is 6.08 Å². The maximum absolute atomic E-state index is 13.6. The van der Waals surface area contributed by atoms with Crippen molar-refractivity contribution in [3.8, 4) is 0 Å². The zero-order valence-corrected chi connectivity index (χ0v) is 13.5. The van der Waals surface area contributed by atoms with Crippen LogP contribution in [0.2, 0.25) is 0 Å². The van der Waals surface area contributed by atoms with Crippen LogP contribution >= 0.6 is 0 Å². The van der Waals surface area contributed by atoms with Crippen LogP contribution in [0.1, 0.15) is 24.1 Å². The van der Waals surface area contributed by atoms with Gasteiger partial charge in [-0.15, -0.1) is 0 Å². The van der Waals surface area contributed by atoms with E-state index < -0.39 is 17.5 Å². The molecule has 1 fully saturated rings. The van der Waals surface area contributed by atoms with Gasteiger partial charge in [-0.2, -0.15) is 0 Å². The number of aromatic nitrogens is 1. The number of nitrogens with one attached hydrogen (secondary N) is 3. The number of rotatable bonds is 4. The molecule has 3 N–H and O–H groups in total. The highest BCUT2D eigenvalue weighted by atomic mass is 19.1. The minimum atomic E-state index is -0.712. The molecule has 0 saturated carbocycles. The average molecular weight is 344 g/mol. The second-order valence-corrected chi connectivity index (χ2v) is 5.86. The van der Waals surface area contributed by atoms with Gasteiger partial charge in [-0.1, -0.05) is 13.0 Å². The first-order valence-corrected chi connectivity index (χ1v) is 7.90. The van der Waals surface area contributed by atoms with E-state index in [1.54, 1.807) is 12.4 Å². The summed E-state index contributed by atoms with van der Waals surface area (Å²) in [5, 5.41) is 2.78. The Hall–Kier alpha value is -2.64. The molecule has 1 aromatic heterocycles. The molecule has 130 valence electrons. The number of nitrogens with zero attached hydrogens (tertiary/aromatic N) is 1. The Labute approximate surface area is 144 Å². The first kappa shape index (κ1) is 17.2. The molecule has 0 aliphatic carbocycles. The number of benzene rings is 1. The van der Waals surface area contributed by atoms with Crippen LogP contribution in [0.5, 0.6) is 0 Å². The molecule has 0 bridgehead atoms. The number of hydrogen-bond acceptors (Lipinski definition) is 4. The molecule has 1 aromatic carbocycles. The van der Waals surface area contributed by atoms with Crippen LogP contribution in [0.15, 0.2) is 48.8 Å². The summed E-state index contributed by atoms with van der Waals surface area (Å²) in [5.74, 6) is -1.80. The number of carbonyl (C=O) groups is 1. The Bertz CT molecular complexity index is 762. The zero-order valence-electron chi connectivity index (χ0n) is 13.5. The first-order valence-electron chi connectivity index (χ1n) is 7.90. The molecule has 25 heavy (non-hydrogen) atoms. The SMILES string of the molecule is CC1C(NC(=O)/C=C/c2c(F)cccc2F)NNC1c1ccncc1. The molecular formula is C18H18F2N4O. The molecule has 3 rings (SSSR count). The third kappa shape index (κ3) is 3.89. The fourth-order valence-corrected chi connectivity index (χ4v) is 2.79. The molecule has 0 spiro atoms. The molecule has 2 heterocycles. The minimum Gasteiger partial charge on any atom is -0.336 e. The van der Waals surface area contributed by atoms with Gasteiger partial charge >= 0.3 is 0 Å². The quantitative estimate of drug-likeness (QED) is 0.745. The molecular weight excluding hydrogens is 326 g/mol. The number of pyridine rings is 1. The van der Waals surface area contributed by atoms with Crippen molar-refractivity contribution < 1.29 is 13.6 Å². The number of amides is 1. The van der Waals surface area contributed by atoms with E-state index in [4.69, 9.17) is 0 Å². The molecule has 1 aliphatic heterocycles. The summed E-state index contributed by atoms with van der Waals surface area (Å²) < 4.78 is 27.1. The summed E-state index contributed by atoms with van der Waals surface area (Å²) >= 11 is 0. The van der Waals surface area contributed by atoms with Crippen molar-refractivity contribution >= 4 is 12.0 Å². The normalized spacial score (nSPS) is 23.1. The lowest BCUT2D eigenvalue weighted by atomic mass is 9.95. The van der Waals surface area contributed by atoms with E-state index in [1.165, 1.54) is 6.07 Å². The van der Waals surface area contributed by atoms with Gasteiger partial charge in [0.25, 0.3) is 0 Å². The Morgan fingerprint density at radius 2 is 1.84 bits per heavy atom. The average Bonchev–Trinajstić information content (AvgIpc) is 2.96. The molecule has 7 heteroatoms. The zero-order chi connectivity index (χ0) is 17.8. The lowest BCUT2D eigenvalue weighted by Crippen LogP contribution is -2.45. The van der Waals surface area contributed by atoms with Crippen LogP contribution in [0, 0.1) is 17.6 Å². The highest BCUT2D eigenvalue weighted by Crippen LogP contribution is 2.26. The topological polar surface area (TPSA) is 66.1 Å². The molecule has 1 aliphatic rings. The maximum Gasteiger partial charge on any atom is 0.245 e. The van der Waals surface area contributed by atoms with Crippen molar-refractivity contribution in [2.24, 2.45) is 5.92 Å². The molecule has 2 aromatic rings. The largest absolute Gasteiger partial charge is 0.336 e. The van der Waals surface area contributed by atoms with Gasteiger partial charge < -0.3 is 5.32 Å². The van der Waals surface area contributed by atoms with Gasteiger partial charge in [-0.25, -0.2) is 19.6 Å². The van der Waals surface area contributed by atoms with Crippen molar-refractivity contribution in [1.29, 1.82) is 0 Å². The molecule has 1 saturated heterocycles. The highest BCUT2D eigenvalue weighted by Gasteiger charge is 2.33. The smallest absolute Gasteiger partial charge is 0.245 e. The van der Waals surface area contributed by atoms with E-state index in [2.05, 4.69) is 21.2 Å². The summed E-state index contributed by atoms with van der Waals surface area (Å²) in [6, 6.07) is 7.38. The van der Waals surface area contributed by atoms with Gasteiger partial charge in [-0.05, 0) is 35.9 Å². The molecule has 3 unspecified atom stereocenters. The van der Waals surface area contributed by atoms with Gasteiger partial charge in [0.2, 0.25) is 5.91 Å². The second kappa shape index (κ2) is 7.50. The number of halogens is 2. The Morgan fingerprint density at radius 1 is 1.16 bits per heavy atom. The molecule has 3 atom stereocenters. The van der Waals surface area contributed by atoms with E-state index >= 15 is 0 Å². The Balaban J connectivity index is 1.63. The van der Waals surface area contributed by atoms with E-state index in [1.807, 2.05) is 19.1 Å². The van der Waals surface area contributed by atoms with Gasteiger partial charge in [0.15, 0.2) is 0 Å². The van der Waals surface area contributed by atoms with E-state index in [-0.39, 0.29) is 23.7 Å². The Morgan fingerprint density at radius 3 is 2.52 bits per heavy atom. The van der Waals surface area contributed by atoms with Crippen molar-refractivity contribution in [3.05, 3.63) is 71.6 Å². The number of hydrogen-bond donors (Lipinski definition) is 3. The predicted molar refractivity (Wildman–Crippen MR) is 89.7 cm³/mol. The van der Waals surface area contributed by atoms with Crippen LogP contribution in [-0.4, -0.2) is 17.1 Å². The fraction of sp³-hybridized carbons (Fsp3) is 0.222. The van der Waals surface area contributed by atoms with E-state index in [0.29, 0.717) is 0 Å². The van der Waals surface area contributed by atoms with Gasteiger partial charge in [0.1, 0.15) is 11.6 Å². The summed E-state index contributed by atoms with van der Waals surface area (Å²) in [6.07, 6.45) is 5.35. The lowest BCUT2D eigenvalue weighted by molar-refractivity contribution is -0.117. The molecule has 5 nitrogen and oxygen atoms in total. The molecule has 1 amide bonds. The minimum absolute atomic E-state index is 0.0151. The van der Waals surface area contributed by atoms with Crippen LogP contribution in [0.3, 0.4) is 0 Å². The second-order valence-electron chi connectivity index (χ2n) is 5.86. The summed E-state index contributed by atoms with van der Waals surface area (Å²) in [5.41, 5.74) is 6.97. The van der Waals surface area contributed by atoms with Crippen molar-refractivity contribution in [2.45, 2.75) is 19.1 Å². The van der Waals surface area contributed by atoms with Gasteiger partial charge in [-0.3, -0.25) is 9.78 Å². The monoisotopic (exact) mass is 344 g/mol. The van der Waals surface area contributed by atoms with Crippen LogP contribution < -0.4 is 16.2 Å². The third-order valence-corrected chi connectivity index (χ3v) is 4.21. The van der Waals surface area contributed by atoms with Gasteiger partial charge in [0.05, 0.1) is 12.2 Å². The van der Waals surface area contributed by atoms with Gasteiger partial charge in [0, 0.05) is 30.0 Å². The summed E-state index contributed by atoms with van der Waals surface area (Å²) in [4.78, 5) is 16.1. The number of hydrazine groups is 1. The summed E-state index contributed by atoms with van der Waals surface area (Å²) in [7, 11) is 0. The van der Waals surface area contributed by atoms with Crippen LogP contribution in [-0.2, 0) is 4.79 Å². The standard InChI is InChI=1S/C18H18F2N4O/c1-11-17(12-7-9-21-10-8-12)23-24-18(11)22-16(25)6-5-13-14(19)3-2-4-15(13)20/h2-11,17-18,23-24H,1H3,(H,22,25)/b6-5+. The van der Waals surface area contributed by atoms with Crippen molar-refractivity contribution in [1.82, 2.24) is 21.2 Å². The Kier molecular flexibility index (Phi) is 5.16. The predicted octanol–water partition coefficient (Wildman–Crippen LogP) is 2.30. The lowest BCUT2D eigenvalue weighted by Gasteiger charge is -2.19. The highest BCUT2D eigenvalue weighted by molar-refractivity contribution is 5.92. The molecule has 0 radical (unpaired) electrons. The van der Waals surface area contributed by atoms with Crippen molar-refractivity contribution in [3.63, 3.8) is 0 Å². The van der Waals surface area contributed by atoms with Crippen molar-refractivity contribution in [2.75, 3.05) is 0 Å². The fourth-order valence-electron chi connectivity index (χ4n) is 2.79. The third-order valence-electron chi connectivity index (χ3n) is 4.21.